The Hall–Kier alpha value is -1.57. The van der Waals surface area contributed by atoms with Crippen molar-refractivity contribution in [1.82, 2.24) is 4.90 Å². The van der Waals surface area contributed by atoms with E-state index in [0.717, 1.165) is 36.1 Å². The molecule has 1 amide bonds. The highest BCUT2D eigenvalue weighted by Crippen LogP contribution is 2.28. The summed E-state index contributed by atoms with van der Waals surface area (Å²) >= 11 is 0. The number of nitrogens with zero attached hydrogens (tertiary/aromatic N) is 1. The van der Waals surface area contributed by atoms with Crippen molar-refractivity contribution in [2.45, 2.75) is 39.3 Å². The Balaban J connectivity index is 2.26. The summed E-state index contributed by atoms with van der Waals surface area (Å²) in [5.74, 6) is 0.155. The van der Waals surface area contributed by atoms with E-state index in [1.807, 2.05) is 36.1 Å². The zero-order valence-corrected chi connectivity index (χ0v) is 10.6. The third-order valence-corrected chi connectivity index (χ3v) is 3.36. The van der Waals surface area contributed by atoms with Crippen molar-refractivity contribution >= 4 is 5.91 Å². The quantitative estimate of drug-likeness (QED) is 0.725. The standard InChI is InChI=1S/C15H19NO/c1-4-7-14(11(2)3)16-10-12-8-5-6-9-13(12)15(16)17/h5-6,8-9,14H,2,4,7,10H2,1,3H3. The van der Waals surface area contributed by atoms with Crippen LogP contribution in [0, 0.1) is 0 Å². The molecular formula is C15H19NO. The number of carbonyl (C=O) groups excluding carboxylic acids is 1. The van der Waals surface area contributed by atoms with Crippen molar-refractivity contribution < 1.29 is 4.79 Å². The van der Waals surface area contributed by atoms with Crippen molar-refractivity contribution in [2.75, 3.05) is 0 Å². The summed E-state index contributed by atoms with van der Waals surface area (Å²) in [6.07, 6.45) is 2.06. The Labute approximate surface area is 103 Å². The molecule has 1 heterocycles. The van der Waals surface area contributed by atoms with Gasteiger partial charge in [-0.25, -0.2) is 0 Å². The average Bonchev–Trinajstić information content (AvgIpc) is 2.64. The molecule has 17 heavy (non-hydrogen) atoms. The molecule has 1 atom stereocenters. The van der Waals surface area contributed by atoms with Crippen LogP contribution in [-0.4, -0.2) is 16.8 Å². The number of hydrogen-bond donors (Lipinski definition) is 0. The first-order valence-corrected chi connectivity index (χ1v) is 6.19. The van der Waals surface area contributed by atoms with Crippen LogP contribution in [0.2, 0.25) is 0 Å². The van der Waals surface area contributed by atoms with E-state index in [1.54, 1.807) is 0 Å². The van der Waals surface area contributed by atoms with Crippen LogP contribution < -0.4 is 0 Å². The summed E-state index contributed by atoms with van der Waals surface area (Å²) in [4.78, 5) is 14.3. The molecule has 1 aromatic rings. The topological polar surface area (TPSA) is 20.3 Å². The van der Waals surface area contributed by atoms with E-state index in [2.05, 4.69) is 13.5 Å². The van der Waals surface area contributed by atoms with E-state index < -0.39 is 0 Å². The molecule has 1 aliphatic rings. The molecule has 0 aliphatic carbocycles. The number of fused-ring (bicyclic) bond motifs is 1. The second kappa shape index (κ2) is 4.74. The van der Waals surface area contributed by atoms with Gasteiger partial charge in [-0.2, -0.15) is 0 Å². The minimum absolute atomic E-state index is 0.155. The Morgan fingerprint density at radius 3 is 2.76 bits per heavy atom. The van der Waals surface area contributed by atoms with E-state index in [4.69, 9.17) is 0 Å². The lowest BCUT2D eigenvalue weighted by Crippen LogP contribution is -2.36. The number of carbonyl (C=O) groups is 1. The van der Waals surface area contributed by atoms with Gasteiger partial charge in [0.05, 0.1) is 6.04 Å². The highest BCUT2D eigenvalue weighted by molar-refractivity contribution is 5.98. The highest BCUT2D eigenvalue weighted by atomic mass is 16.2. The minimum Gasteiger partial charge on any atom is -0.328 e. The third kappa shape index (κ3) is 2.12. The normalized spacial score (nSPS) is 15.9. The van der Waals surface area contributed by atoms with Crippen LogP contribution in [0.15, 0.2) is 36.4 Å². The first-order chi connectivity index (χ1) is 8.15. The summed E-state index contributed by atoms with van der Waals surface area (Å²) in [7, 11) is 0. The Morgan fingerprint density at radius 1 is 1.47 bits per heavy atom. The van der Waals surface area contributed by atoms with Gasteiger partial charge in [0, 0.05) is 12.1 Å². The molecule has 1 unspecified atom stereocenters. The van der Waals surface area contributed by atoms with Gasteiger partial charge in [0.2, 0.25) is 0 Å². The molecule has 0 saturated heterocycles. The number of rotatable bonds is 4. The second-order valence-electron chi connectivity index (χ2n) is 4.74. The van der Waals surface area contributed by atoms with Crippen molar-refractivity contribution in [3.63, 3.8) is 0 Å². The van der Waals surface area contributed by atoms with Crippen LogP contribution in [0.4, 0.5) is 0 Å². The largest absolute Gasteiger partial charge is 0.328 e. The maximum Gasteiger partial charge on any atom is 0.255 e. The van der Waals surface area contributed by atoms with E-state index in [9.17, 15) is 4.79 Å². The summed E-state index contributed by atoms with van der Waals surface area (Å²) in [5, 5.41) is 0. The number of benzene rings is 1. The van der Waals surface area contributed by atoms with Gasteiger partial charge in [0.1, 0.15) is 0 Å². The molecule has 0 N–H and O–H groups in total. The predicted molar refractivity (Wildman–Crippen MR) is 69.8 cm³/mol. The third-order valence-electron chi connectivity index (χ3n) is 3.36. The average molecular weight is 229 g/mol. The van der Waals surface area contributed by atoms with Gasteiger partial charge >= 0.3 is 0 Å². The molecule has 90 valence electrons. The summed E-state index contributed by atoms with van der Waals surface area (Å²) in [6.45, 7) is 8.90. The maximum atomic E-state index is 12.3. The molecule has 0 bridgehead atoms. The Morgan fingerprint density at radius 2 is 2.18 bits per heavy atom. The van der Waals surface area contributed by atoms with Gasteiger partial charge < -0.3 is 4.90 Å². The molecule has 0 aromatic heterocycles. The predicted octanol–water partition coefficient (Wildman–Crippen LogP) is 3.39. The van der Waals surface area contributed by atoms with Crippen molar-refractivity contribution in [2.24, 2.45) is 0 Å². The number of hydrogen-bond acceptors (Lipinski definition) is 1. The van der Waals surface area contributed by atoms with Crippen LogP contribution in [0.25, 0.3) is 0 Å². The van der Waals surface area contributed by atoms with Gasteiger partial charge in [0.15, 0.2) is 0 Å². The molecule has 2 heteroatoms. The molecule has 1 aromatic carbocycles. The van der Waals surface area contributed by atoms with Gasteiger partial charge in [-0.05, 0) is 25.0 Å². The van der Waals surface area contributed by atoms with Gasteiger partial charge in [-0.15, -0.1) is 0 Å². The van der Waals surface area contributed by atoms with E-state index in [0.29, 0.717) is 0 Å². The summed E-state index contributed by atoms with van der Waals surface area (Å²) in [6, 6.07) is 8.05. The molecular weight excluding hydrogens is 210 g/mol. The van der Waals surface area contributed by atoms with E-state index >= 15 is 0 Å². The van der Waals surface area contributed by atoms with Crippen molar-refractivity contribution in [3.05, 3.63) is 47.5 Å². The fourth-order valence-electron chi connectivity index (χ4n) is 2.47. The lowest BCUT2D eigenvalue weighted by Gasteiger charge is -2.28. The Kier molecular flexibility index (Phi) is 3.32. The molecule has 0 spiro atoms. The lowest BCUT2D eigenvalue weighted by atomic mass is 10.0. The van der Waals surface area contributed by atoms with Gasteiger partial charge in [-0.1, -0.05) is 43.7 Å². The molecule has 0 fully saturated rings. The van der Waals surface area contributed by atoms with Crippen LogP contribution in [0.5, 0.6) is 0 Å². The molecule has 0 radical (unpaired) electrons. The van der Waals surface area contributed by atoms with Crippen LogP contribution in [0.3, 0.4) is 0 Å². The van der Waals surface area contributed by atoms with Crippen molar-refractivity contribution in [3.8, 4) is 0 Å². The molecule has 2 nitrogen and oxygen atoms in total. The summed E-state index contributed by atoms with van der Waals surface area (Å²) < 4.78 is 0. The van der Waals surface area contributed by atoms with Crippen molar-refractivity contribution in [1.29, 1.82) is 0 Å². The highest BCUT2D eigenvalue weighted by Gasteiger charge is 2.31. The van der Waals surface area contributed by atoms with Gasteiger partial charge in [-0.3, -0.25) is 4.79 Å². The SMILES string of the molecule is C=C(C)C(CCC)N1Cc2ccccc2C1=O. The molecule has 1 aliphatic heterocycles. The Bertz CT molecular complexity index is 450. The van der Waals surface area contributed by atoms with Crippen LogP contribution in [0.1, 0.15) is 42.6 Å². The summed E-state index contributed by atoms with van der Waals surface area (Å²) in [5.41, 5.74) is 3.07. The van der Waals surface area contributed by atoms with E-state index in [-0.39, 0.29) is 11.9 Å². The number of amides is 1. The minimum atomic E-state index is 0.155. The zero-order valence-electron chi connectivity index (χ0n) is 10.6. The monoisotopic (exact) mass is 229 g/mol. The molecule has 0 saturated carbocycles. The fraction of sp³-hybridized carbons (Fsp3) is 0.400. The zero-order chi connectivity index (χ0) is 12.4. The first kappa shape index (κ1) is 11.9. The first-order valence-electron chi connectivity index (χ1n) is 6.19. The van der Waals surface area contributed by atoms with Crippen LogP contribution >= 0.6 is 0 Å². The van der Waals surface area contributed by atoms with Gasteiger partial charge in [0.25, 0.3) is 5.91 Å². The second-order valence-corrected chi connectivity index (χ2v) is 4.74. The van der Waals surface area contributed by atoms with Crippen LogP contribution in [-0.2, 0) is 6.54 Å². The van der Waals surface area contributed by atoms with E-state index in [1.165, 1.54) is 0 Å². The molecule has 2 rings (SSSR count). The fourth-order valence-corrected chi connectivity index (χ4v) is 2.47. The maximum absolute atomic E-state index is 12.3. The smallest absolute Gasteiger partial charge is 0.255 e. The lowest BCUT2D eigenvalue weighted by molar-refractivity contribution is 0.0722.